The van der Waals surface area contributed by atoms with Gasteiger partial charge in [0.25, 0.3) is 0 Å². The molecule has 2 rings (SSSR count). The smallest absolute Gasteiger partial charge is 0.318 e. The number of anilines is 1. The first-order chi connectivity index (χ1) is 8.93. The third kappa shape index (κ3) is 2.40. The largest absolute Gasteiger partial charge is 0.480 e. The molecule has 1 aromatic carbocycles. The monoisotopic (exact) mass is 258 g/mol. The van der Waals surface area contributed by atoms with Crippen molar-refractivity contribution in [1.82, 2.24) is 4.98 Å². The lowest BCUT2D eigenvalue weighted by atomic mass is 9.92. The van der Waals surface area contributed by atoms with Crippen molar-refractivity contribution in [2.24, 2.45) is 5.41 Å². The molecule has 0 aliphatic heterocycles. The van der Waals surface area contributed by atoms with Crippen molar-refractivity contribution in [3.05, 3.63) is 36.5 Å². The average molecular weight is 258 g/mol. The molecule has 1 heterocycles. The van der Waals surface area contributed by atoms with Crippen molar-refractivity contribution < 1.29 is 14.7 Å². The van der Waals surface area contributed by atoms with Crippen LogP contribution in [-0.4, -0.2) is 22.0 Å². The van der Waals surface area contributed by atoms with Crippen LogP contribution < -0.4 is 5.32 Å². The molecule has 1 aromatic heterocycles. The van der Waals surface area contributed by atoms with Gasteiger partial charge in [-0.05, 0) is 38.1 Å². The van der Waals surface area contributed by atoms with Crippen LogP contribution in [-0.2, 0) is 9.59 Å². The molecule has 2 aromatic rings. The third-order valence-electron chi connectivity index (χ3n) is 3.00. The van der Waals surface area contributed by atoms with E-state index in [4.69, 9.17) is 5.11 Å². The molecule has 0 bridgehead atoms. The van der Waals surface area contributed by atoms with Crippen LogP contribution in [0.5, 0.6) is 0 Å². The van der Waals surface area contributed by atoms with Gasteiger partial charge in [0.1, 0.15) is 5.41 Å². The van der Waals surface area contributed by atoms with Crippen LogP contribution in [0.1, 0.15) is 13.8 Å². The van der Waals surface area contributed by atoms with E-state index in [-0.39, 0.29) is 0 Å². The Hall–Kier alpha value is -2.43. The standard InChI is InChI=1S/C14H14N2O3/c1-14(2,13(18)19)12(17)16-11-7-3-6-10-9(11)5-4-8-15-10/h3-8H,1-2H3,(H,16,17)(H,18,19). The molecule has 2 N–H and O–H groups in total. The van der Waals surface area contributed by atoms with Crippen molar-refractivity contribution in [3.63, 3.8) is 0 Å². The molecule has 0 saturated carbocycles. The van der Waals surface area contributed by atoms with Crippen LogP contribution in [0.3, 0.4) is 0 Å². The van der Waals surface area contributed by atoms with Crippen molar-refractivity contribution >= 4 is 28.5 Å². The zero-order valence-electron chi connectivity index (χ0n) is 10.7. The first-order valence-electron chi connectivity index (χ1n) is 5.81. The fraction of sp³-hybridized carbons (Fsp3) is 0.214. The van der Waals surface area contributed by atoms with Crippen LogP contribution in [0.15, 0.2) is 36.5 Å². The number of carboxylic acid groups (broad SMARTS) is 1. The number of nitrogens with zero attached hydrogens (tertiary/aromatic N) is 1. The fourth-order valence-electron chi connectivity index (χ4n) is 1.59. The number of amides is 1. The molecule has 98 valence electrons. The van der Waals surface area contributed by atoms with Crippen LogP contribution >= 0.6 is 0 Å². The highest BCUT2D eigenvalue weighted by atomic mass is 16.4. The fourth-order valence-corrected chi connectivity index (χ4v) is 1.59. The van der Waals surface area contributed by atoms with Gasteiger partial charge >= 0.3 is 5.97 Å². The van der Waals surface area contributed by atoms with Crippen molar-refractivity contribution in [1.29, 1.82) is 0 Å². The summed E-state index contributed by atoms with van der Waals surface area (Å²) in [6, 6.07) is 8.90. The zero-order valence-corrected chi connectivity index (χ0v) is 10.7. The second kappa shape index (κ2) is 4.68. The van der Waals surface area contributed by atoms with E-state index in [1.807, 2.05) is 12.1 Å². The Morgan fingerprint density at radius 2 is 1.95 bits per heavy atom. The minimum absolute atomic E-state index is 0.559. The van der Waals surface area contributed by atoms with Gasteiger partial charge < -0.3 is 10.4 Å². The maximum atomic E-state index is 12.0. The number of aliphatic carboxylic acids is 1. The Balaban J connectivity index is 2.37. The predicted molar refractivity (Wildman–Crippen MR) is 71.8 cm³/mol. The maximum Gasteiger partial charge on any atom is 0.318 e. The van der Waals surface area contributed by atoms with Crippen molar-refractivity contribution in [2.45, 2.75) is 13.8 Å². The van der Waals surface area contributed by atoms with Gasteiger partial charge in [0.2, 0.25) is 5.91 Å². The topological polar surface area (TPSA) is 79.3 Å². The predicted octanol–water partition coefficient (Wildman–Crippen LogP) is 2.28. The summed E-state index contributed by atoms with van der Waals surface area (Å²) in [5.41, 5.74) is -0.178. The molecule has 0 unspecified atom stereocenters. The van der Waals surface area contributed by atoms with Gasteiger partial charge in [0, 0.05) is 11.6 Å². The summed E-state index contributed by atoms with van der Waals surface area (Å²) < 4.78 is 0. The molecule has 0 aliphatic rings. The highest BCUT2D eigenvalue weighted by Crippen LogP contribution is 2.24. The number of aromatic nitrogens is 1. The number of carbonyl (C=O) groups excluding carboxylic acids is 1. The van der Waals surface area contributed by atoms with Gasteiger partial charge in [-0.1, -0.05) is 6.07 Å². The molecule has 19 heavy (non-hydrogen) atoms. The van der Waals surface area contributed by atoms with Crippen molar-refractivity contribution in [2.75, 3.05) is 5.32 Å². The number of fused-ring (bicyclic) bond motifs is 1. The van der Waals surface area contributed by atoms with Gasteiger partial charge in [-0.25, -0.2) is 0 Å². The summed E-state index contributed by atoms with van der Waals surface area (Å²) in [5, 5.41) is 12.5. The zero-order chi connectivity index (χ0) is 14.0. The number of hydrogen-bond acceptors (Lipinski definition) is 3. The summed E-state index contributed by atoms with van der Waals surface area (Å²) in [6.45, 7) is 2.74. The Kier molecular flexibility index (Phi) is 3.21. The van der Waals surface area contributed by atoms with Crippen LogP contribution in [0.25, 0.3) is 10.9 Å². The Morgan fingerprint density at radius 3 is 2.63 bits per heavy atom. The number of rotatable bonds is 3. The normalized spacial score (nSPS) is 11.3. The number of benzene rings is 1. The summed E-state index contributed by atoms with van der Waals surface area (Å²) in [4.78, 5) is 27.2. The molecule has 0 atom stereocenters. The minimum atomic E-state index is -1.48. The van der Waals surface area contributed by atoms with Gasteiger partial charge in [0.15, 0.2) is 0 Å². The van der Waals surface area contributed by atoms with Gasteiger partial charge in [0.05, 0.1) is 11.2 Å². The molecular formula is C14H14N2O3. The van der Waals surface area contributed by atoms with Crippen LogP contribution in [0, 0.1) is 5.41 Å². The van der Waals surface area contributed by atoms with E-state index in [1.165, 1.54) is 13.8 Å². The lowest BCUT2D eigenvalue weighted by Gasteiger charge is -2.19. The van der Waals surface area contributed by atoms with E-state index in [9.17, 15) is 9.59 Å². The number of hydrogen-bond donors (Lipinski definition) is 2. The summed E-state index contributed by atoms with van der Waals surface area (Å²) in [6.07, 6.45) is 1.66. The maximum absolute atomic E-state index is 12.0. The van der Waals surface area contributed by atoms with E-state index in [2.05, 4.69) is 10.3 Å². The number of carbonyl (C=O) groups is 2. The minimum Gasteiger partial charge on any atom is -0.480 e. The molecular weight excluding hydrogens is 244 g/mol. The second-order valence-electron chi connectivity index (χ2n) is 4.76. The van der Waals surface area contributed by atoms with Crippen LogP contribution in [0.2, 0.25) is 0 Å². The van der Waals surface area contributed by atoms with Crippen molar-refractivity contribution in [3.8, 4) is 0 Å². The van der Waals surface area contributed by atoms with E-state index < -0.39 is 17.3 Å². The molecule has 0 radical (unpaired) electrons. The van der Waals surface area contributed by atoms with E-state index in [1.54, 1.807) is 24.4 Å². The second-order valence-corrected chi connectivity index (χ2v) is 4.76. The Bertz CT molecular complexity index is 645. The van der Waals surface area contributed by atoms with Crippen LogP contribution in [0.4, 0.5) is 5.69 Å². The molecule has 1 amide bonds. The average Bonchev–Trinajstić information content (AvgIpc) is 2.39. The van der Waals surface area contributed by atoms with Gasteiger partial charge in [-0.15, -0.1) is 0 Å². The summed E-state index contributed by atoms with van der Waals surface area (Å²) in [5.74, 6) is -1.72. The number of nitrogens with one attached hydrogen (secondary N) is 1. The molecule has 0 fully saturated rings. The first kappa shape index (κ1) is 13.0. The lowest BCUT2D eigenvalue weighted by molar-refractivity contribution is -0.151. The van der Waals surface area contributed by atoms with Gasteiger partial charge in [-0.2, -0.15) is 0 Å². The Labute approximate surface area is 110 Å². The Morgan fingerprint density at radius 1 is 1.21 bits per heavy atom. The lowest BCUT2D eigenvalue weighted by Crippen LogP contribution is -2.37. The molecule has 5 nitrogen and oxygen atoms in total. The van der Waals surface area contributed by atoms with E-state index >= 15 is 0 Å². The quantitative estimate of drug-likeness (QED) is 0.828. The highest BCUT2D eigenvalue weighted by Gasteiger charge is 2.36. The highest BCUT2D eigenvalue weighted by molar-refractivity contribution is 6.10. The number of carboxylic acids is 1. The summed E-state index contributed by atoms with van der Waals surface area (Å²) >= 11 is 0. The molecule has 0 aliphatic carbocycles. The van der Waals surface area contributed by atoms with E-state index in [0.717, 1.165) is 10.9 Å². The van der Waals surface area contributed by atoms with Gasteiger partial charge in [-0.3, -0.25) is 14.6 Å². The SMILES string of the molecule is CC(C)(C(=O)O)C(=O)Nc1cccc2ncccc12. The number of pyridine rings is 1. The molecule has 5 heteroatoms. The molecule has 0 spiro atoms. The third-order valence-corrected chi connectivity index (χ3v) is 3.00. The summed E-state index contributed by atoms with van der Waals surface area (Å²) in [7, 11) is 0. The first-order valence-corrected chi connectivity index (χ1v) is 5.81. The van der Waals surface area contributed by atoms with E-state index in [0.29, 0.717) is 5.69 Å². The molecule has 0 saturated heterocycles.